The van der Waals surface area contributed by atoms with Crippen molar-refractivity contribution < 1.29 is 0 Å². The molecule has 3 heteroatoms. The van der Waals surface area contributed by atoms with Gasteiger partial charge in [0, 0.05) is 0 Å². The van der Waals surface area contributed by atoms with E-state index in [-0.39, 0.29) is 0 Å². The molecule has 0 spiro atoms. The Balaban J connectivity index is 2.28. The van der Waals surface area contributed by atoms with Crippen molar-refractivity contribution in [2.24, 2.45) is 10.2 Å². The van der Waals surface area contributed by atoms with Crippen LogP contribution in [0.3, 0.4) is 0 Å². The molecule has 0 aliphatic carbocycles. The number of anilines is 1. The summed E-state index contributed by atoms with van der Waals surface area (Å²) < 4.78 is 0. The van der Waals surface area contributed by atoms with Crippen molar-refractivity contribution in [1.82, 2.24) is 0 Å². The summed E-state index contributed by atoms with van der Waals surface area (Å²) >= 11 is 0. The minimum absolute atomic E-state index is 0.485. The van der Waals surface area contributed by atoms with Crippen LogP contribution in [0.25, 0.3) is 0 Å². The van der Waals surface area contributed by atoms with Gasteiger partial charge >= 0.3 is 0 Å². The molecule has 0 fully saturated rings. The van der Waals surface area contributed by atoms with E-state index in [0.717, 1.165) is 29.0 Å². The van der Waals surface area contributed by atoms with Gasteiger partial charge in [-0.3, -0.25) is 0 Å². The lowest BCUT2D eigenvalue weighted by Gasteiger charge is -2.06. The number of hydrogen-bond donors (Lipinski definition) is 1. The fourth-order valence-corrected chi connectivity index (χ4v) is 2.05. The van der Waals surface area contributed by atoms with Crippen LogP contribution in [-0.2, 0) is 6.42 Å². The summed E-state index contributed by atoms with van der Waals surface area (Å²) in [4.78, 5) is 0. The van der Waals surface area contributed by atoms with Crippen molar-refractivity contribution in [1.29, 1.82) is 0 Å². The van der Waals surface area contributed by atoms with Gasteiger partial charge in [0.2, 0.25) is 0 Å². The number of para-hydroxylation sites is 1. The van der Waals surface area contributed by atoms with Gasteiger partial charge < -0.3 is 5.73 Å². The predicted octanol–water partition coefficient (Wildman–Crippen LogP) is 5.37. The smallest absolute Gasteiger partial charge is 0.109 e. The number of nitrogen functional groups attached to an aromatic ring is 1. The number of rotatable bonds is 4. The van der Waals surface area contributed by atoms with E-state index < -0.39 is 0 Å². The van der Waals surface area contributed by atoms with E-state index in [1.54, 1.807) is 0 Å². The van der Waals surface area contributed by atoms with Gasteiger partial charge in [0.15, 0.2) is 0 Å². The number of aryl methyl sites for hydroxylation is 1. The van der Waals surface area contributed by atoms with Crippen LogP contribution in [0.15, 0.2) is 52.7 Å². The Labute approximate surface area is 120 Å². The van der Waals surface area contributed by atoms with E-state index in [0.29, 0.717) is 5.92 Å². The normalized spacial score (nSPS) is 11.4. The monoisotopic (exact) mass is 267 g/mol. The van der Waals surface area contributed by atoms with E-state index >= 15 is 0 Å². The lowest BCUT2D eigenvalue weighted by molar-refractivity contribution is 0.866. The first-order valence-corrected chi connectivity index (χ1v) is 7.01. The number of nitrogens with two attached hydrogens (primary N) is 1. The second kappa shape index (κ2) is 6.33. The first-order chi connectivity index (χ1) is 9.61. The van der Waals surface area contributed by atoms with Gasteiger partial charge in [-0.25, -0.2) is 0 Å². The molecule has 0 aliphatic rings. The van der Waals surface area contributed by atoms with Crippen LogP contribution in [0, 0.1) is 0 Å². The minimum Gasteiger partial charge on any atom is -0.397 e. The molecule has 2 N–H and O–H groups in total. The molecule has 0 heterocycles. The molecule has 0 aromatic heterocycles. The predicted molar refractivity (Wildman–Crippen MR) is 84.9 cm³/mol. The molecule has 2 aromatic rings. The Morgan fingerprint density at radius 3 is 2.50 bits per heavy atom. The molecule has 0 saturated heterocycles. The van der Waals surface area contributed by atoms with E-state index in [2.05, 4.69) is 43.1 Å². The van der Waals surface area contributed by atoms with Crippen molar-refractivity contribution in [3.8, 4) is 0 Å². The SMILES string of the molecule is CCc1cccc(N=Nc2cccc(C(C)C)c2)c1N. The summed E-state index contributed by atoms with van der Waals surface area (Å²) in [6.45, 7) is 6.41. The first kappa shape index (κ1) is 14.3. The highest BCUT2D eigenvalue weighted by Gasteiger charge is 2.03. The van der Waals surface area contributed by atoms with Crippen LogP contribution in [0.1, 0.15) is 37.8 Å². The van der Waals surface area contributed by atoms with Gasteiger partial charge in [0.05, 0.1) is 11.4 Å². The summed E-state index contributed by atoms with van der Waals surface area (Å²) in [5, 5.41) is 8.59. The van der Waals surface area contributed by atoms with Crippen LogP contribution >= 0.6 is 0 Å². The topological polar surface area (TPSA) is 50.7 Å². The molecule has 0 atom stereocenters. The number of benzene rings is 2. The van der Waals surface area contributed by atoms with Crippen molar-refractivity contribution in [3.63, 3.8) is 0 Å². The maximum atomic E-state index is 6.08. The highest BCUT2D eigenvalue weighted by atomic mass is 15.1. The zero-order chi connectivity index (χ0) is 14.5. The molecule has 3 nitrogen and oxygen atoms in total. The Morgan fingerprint density at radius 2 is 1.80 bits per heavy atom. The highest BCUT2D eigenvalue weighted by molar-refractivity contribution is 5.66. The fourth-order valence-electron chi connectivity index (χ4n) is 2.05. The van der Waals surface area contributed by atoms with E-state index in [1.165, 1.54) is 5.56 Å². The highest BCUT2D eigenvalue weighted by Crippen LogP contribution is 2.28. The number of azo groups is 1. The average Bonchev–Trinajstić information content (AvgIpc) is 2.46. The van der Waals surface area contributed by atoms with Crippen molar-refractivity contribution >= 4 is 17.1 Å². The zero-order valence-corrected chi connectivity index (χ0v) is 12.3. The maximum Gasteiger partial charge on any atom is 0.109 e. The van der Waals surface area contributed by atoms with Gasteiger partial charge in [-0.15, -0.1) is 5.11 Å². The largest absolute Gasteiger partial charge is 0.397 e. The number of nitrogens with zero attached hydrogens (tertiary/aromatic N) is 2. The molecule has 104 valence electrons. The van der Waals surface area contributed by atoms with Crippen LogP contribution in [0.4, 0.5) is 17.1 Å². The van der Waals surface area contributed by atoms with Gasteiger partial charge in [-0.2, -0.15) is 5.11 Å². The fraction of sp³-hybridized carbons (Fsp3) is 0.294. The minimum atomic E-state index is 0.485. The summed E-state index contributed by atoms with van der Waals surface area (Å²) in [5.41, 5.74) is 10.8. The van der Waals surface area contributed by atoms with Crippen LogP contribution in [-0.4, -0.2) is 0 Å². The van der Waals surface area contributed by atoms with Crippen LogP contribution in [0.5, 0.6) is 0 Å². The molecule has 0 aliphatic heterocycles. The lowest BCUT2D eigenvalue weighted by Crippen LogP contribution is -1.92. The van der Waals surface area contributed by atoms with Gasteiger partial charge in [-0.1, -0.05) is 45.0 Å². The Morgan fingerprint density at radius 1 is 1.05 bits per heavy atom. The second-order valence-electron chi connectivity index (χ2n) is 5.15. The molecular weight excluding hydrogens is 246 g/mol. The third kappa shape index (κ3) is 3.23. The molecular formula is C17H21N3. The van der Waals surface area contributed by atoms with Crippen LogP contribution in [0.2, 0.25) is 0 Å². The van der Waals surface area contributed by atoms with E-state index in [1.807, 2.05) is 30.3 Å². The third-order valence-corrected chi connectivity index (χ3v) is 3.36. The molecule has 0 amide bonds. The lowest BCUT2D eigenvalue weighted by atomic mass is 10.0. The zero-order valence-electron chi connectivity index (χ0n) is 12.3. The molecule has 2 rings (SSSR count). The van der Waals surface area contributed by atoms with Gasteiger partial charge in [0.25, 0.3) is 0 Å². The quantitative estimate of drug-likeness (QED) is 0.587. The van der Waals surface area contributed by atoms with E-state index in [9.17, 15) is 0 Å². The summed E-state index contributed by atoms with van der Waals surface area (Å²) in [6, 6.07) is 14.0. The van der Waals surface area contributed by atoms with Crippen molar-refractivity contribution in [2.75, 3.05) is 5.73 Å². The van der Waals surface area contributed by atoms with Crippen molar-refractivity contribution in [2.45, 2.75) is 33.1 Å². The Kier molecular flexibility index (Phi) is 4.51. The summed E-state index contributed by atoms with van der Waals surface area (Å²) in [6.07, 6.45) is 0.901. The van der Waals surface area contributed by atoms with Gasteiger partial charge in [-0.05, 0) is 41.7 Å². The third-order valence-electron chi connectivity index (χ3n) is 3.36. The summed E-state index contributed by atoms with van der Waals surface area (Å²) in [5.74, 6) is 0.485. The number of hydrogen-bond acceptors (Lipinski definition) is 3. The van der Waals surface area contributed by atoms with Crippen LogP contribution < -0.4 is 5.73 Å². The Hall–Kier alpha value is -2.16. The molecule has 0 radical (unpaired) electrons. The molecule has 0 unspecified atom stereocenters. The second-order valence-corrected chi connectivity index (χ2v) is 5.15. The average molecular weight is 267 g/mol. The molecule has 0 saturated carbocycles. The Bertz CT molecular complexity index is 615. The van der Waals surface area contributed by atoms with Crippen molar-refractivity contribution in [3.05, 3.63) is 53.6 Å². The molecule has 2 aromatic carbocycles. The molecule has 0 bridgehead atoms. The molecule has 20 heavy (non-hydrogen) atoms. The standard InChI is InChI=1S/C17H21N3/c1-4-13-7-6-10-16(17(13)18)20-19-15-9-5-8-14(11-15)12(2)3/h5-12H,4,18H2,1-3H3. The summed E-state index contributed by atoms with van der Waals surface area (Å²) in [7, 11) is 0. The maximum absolute atomic E-state index is 6.08. The first-order valence-electron chi connectivity index (χ1n) is 7.01. The van der Waals surface area contributed by atoms with E-state index in [4.69, 9.17) is 5.73 Å². The van der Waals surface area contributed by atoms with Gasteiger partial charge in [0.1, 0.15) is 5.69 Å².